The molecule has 0 saturated heterocycles. The van der Waals surface area contributed by atoms with Crippen LogP contribution >= 0.6 is 15.9 Å². The molecule has 0 fully saturated rings. The summed E-state index contributed by atoms with van der Waals surface area (Å²) >= 11 is 3.44. The molecule has 1 heterocycles. The molecule has 0 aliphatic heterocycles. The van der Waals surface area contributed by atoms with Crippen LogP contribution in [0.4, 0.5) is 0 Å². The van der Waals surface area contributed by atoms with Gasteiger partial charge in [0.2, 0.25) is 0 Å². The molecule has 0 atom stereocenters. The molecule has 3 nitrogen and oxygen atoms in total. The normalized spacial score (nSPS) is 15.2. The molecule has 4 heteroatoms. The van der Waals surface area contributed by atoms with E-state index in [9.17, 15) is 0 Å². The van der Waals surface area contributed by atoms with Crippen LogP contribution < -0.4 is 0 Å². The van der Waals surface area contributed by atoms with Gasteiger partial charge in [0, 0.05) is 13.0 Å². The molecule has 0 radical (unpaired) electrons. The van der Waals surface area contributed by atoms with Gasteiger partial charge < -0.3 is 4.57 Å². The Kier molecular flexibility index (Phi) is 2.74. The summed E-state index contributed by atoms with van der Waals surface area (Å²) in [6.45, 7) is 0. The summed E-state index contributed by atoms with van der Waals surface area (Å²) in [6.07, 6.45) is 2.18. The first-order chi connectivity index (χ1) is 8.29. The van der Waals surface area contributed by atoms with E-state index in [1.165, 1.54) is 11.1 Å². The van der Waals surface area contributed by atoms with Crippen molar-refractivity contribution >= 4 is 15.9 Å². The van der Waals surface area contributed by atoms with Crippen LogP contribution in [0.1, 0.15) is 28.7 Å². The molecule has 0 spiro atoms. The van der Waals surface area contributed by atoms with E-state index >= 15 is 0 Å². The second-order valence-corrected chi connectivity index (χ2v) is 5.10. The molecule has 0 bridgehead atoms. The lowest BCUT2D eigenvalue weighted by Gasteiger charge is -2.08. The highest BCUT2D eigenvalue weighted by Crippen LogP contribution is 2.32. The van der Waals surface area contributed by atoms with Gasteiger partial charge >= 0.3 is 0 Å². The summed E-state index contributed by atoms with van der Waals surface area (Å²) in [4.78, 5) is 0. The number of rotatable bonds is 2. The Morgan fingerprint density at radius 3 is 2.41 bits per heavy atom. The van der Waals surface area contributed by atoms with Crippen LogP contribution in [0.15, 0.2) is 24.3 Å². The van der Waals surface area contributed by atoms with Crippen molar-refractivity contribution in [3.63, 3.8) is 0 Å². The monoisotopic (exact) mass is 291 g/mol. The van der Waals surface area contributed by atoms with E-state index in [1.54, 1.807) is 0 Å². The number of halogens is 1. The third kappa shape index (κ3) is 1.80. The van der Waals surface area contributed by atoms with Crippen molar-refractivity contribution in [3.8, 4) is 0 Å². The summed E-state index contributed by atoms with van der Waals surface area (Å²) in [5, 5.41) is 9.30. The summed E-state index contributed by atoms with van der Waals surface area (Å²) in [7, 11) is 2.05. The van der Waals surface area contributed by atoms with Crippen molar-refractivity contribution in [3.05, 3.63) is 47.0 Å². The zero-order valence-corrected chi connectivity index (χ0v) is 11.3. The lowest BCUT2D eigenvalue weighted by Crippen LogP contribution is -2.07. The van der Waals surface area contributed by atoms with Gasteiger partial charge in [-0.25, -0.2) is 0 Å². The molecule has 0 amide bonds. The van der Waals surface area contributed by atoms with E-state index in [-0.39, 0.29) is 0 Å². The molecule has 1 aromatic heterocycles. The molecule has 17 heavy (non-hydrogen) atoms. The smallest absolute Gasteiger partial charge is 0.143 e. The van der Waals surface area contributed by atoms with Crippen molar-refractivity contribution < 1.29 is 0 Å². The Hall–Kier alpha value is -1.16. The van der Waals surface area contributed by atoms with Gasteiger partial charge in [-0.2, -0.15) is 0 Å². The van der Waals surface area contributed by atoms with E-state index in [4.69, 9.17) is 0 Å². The quantitative estimate of drug-likeness (QED) is 0.797. The first-order valence-electron chi connectivity index (χ1n) is 5.80. The minimum atomic E-state index is 0.484. The molecule has 1 aromatic carbocycles. The first-order valence-corrected chi connectivity index (χ1v) is 6.92. The number of fused-ring (bicyclic) bond motifs is 1. The van der Waals surface area contributed by atoms with Crippen LogP contribution in [0.5, 0.6) is 0 Å². The molecule has 2 aromatic rings. The summed E-state index contributed by atoms with van der Waals surface area (Å²) in [5.74, 6) is 2.59. The Labute approximate surface area is 109 Å². The van der Waals surface area contributed by atoms with Crippen LogP contribution in [0, 0.1) is 0 Å². The number of hydrogen-bond acceptors (Lipinski definition) is 2. The molecule has 1 aliphatic rings. The van der Waals surface area contributed by atoms with Crippen molar-refractivity contribution in [2.24, 2.45) is 7.05 Å². The molecule has 1 aliphatic carbocycles. The number of nitrogens with zero attached hydrogens (tertiary/aromatic N) is 3. The second-order valence-electron chi connectivity index (χ2n) is 4.54. The van der Waals surface area contributed by atoms with Crippen molar-refractivity contribution in [2.75, 3.05) is 0 Å². The van der Waals surface area contributed by atoms with Crippen molar-refractivity contribution in [1.82, 2.24) is 14.8 Å². The fourth-order valence-corrected chi connectivity index (χ4v) is 3.08. The lowest BCUT2D eigenvalue weighted by atomic mass is 10.1. The van der Waals surface area contributed by atoms with Gasteiger partial charge in [0.15, 0.2) is 0 Å². The SMILES string of the molecule is Cn1c(CBr)nnc1C1Cc2ccccc2C1. The zero-order valence-electron chi connectivity index (χ0n) is 9.73. The lowest BCUT2D eigenvalue weighted by molar-refractivity contribution is 0.636. The zero-order chi connectivity index (χ0) is 11.8. The molecular weight excluding hydrogens is 278 g/mol. The van der Waals surface area contributed by atoms with E-state index in [0.717, 1.165) is 29.8 Å². The molecule has 0 saturated carbocycles. The van der Waals surface area contributed by atoms with Gasteiger partial charge in [-0.1, -0.05) is 40.2 Å². The van der Waals surface area contributed by atoms with Crippen LogP contribution in [-0.2, 0) is 25.2 Å². The minimum absolute atomic E-state index is 0.484. The fraction of sp³-hybridized carbons (Fsp3) is 0.385. The van der Waals surface area contributed by atoms with E-state index in [1.807, 2.05) is 0 Å². The van der Waals surface area contributed by atoms with Gasteiger partial charge in [-0.15, -0.1) is 10.2 Å². The van der Waals surface area contributed by atoms with Crippen LogP contribution in [0.25, 0.3) is 0 Å². The van der Waals surface area contributed by atoms with Gasteiger partial charge in [0.05, 0.1) is 5.33 Å². The highest BCUT2D eigenvalue weighted by atomic mass is 79.9. The summed E-state index contributed by atoms with van der Waals surface area (Å²) < 4.78 is 2.12. The summed E-state index contributed by atoms with van der Waals surface area (Å²) in [6, 6.07) is 8.66. The minimum Gasteiger partial charge on any atom is -0.317 e. The van der Waals surface area contributed by atoms with E-state index < -0.39 is 0 Å². The Balaban J connectivity index is 1.91. The average Bonchev–Trinajstić information content (AvgIpc) is 2.91. The average molecular weight is 292 g/mol. The number of benzene rings is 1. The molecule has 0 unspecified atom stereocenters. The van der Waals surface area contributed by atoms with Crippen molar-refractivity contribution in [1.29, 1.82) is 0 Å². The predicted molar refractivity (Wildman–Crippen MR) is 70.2 cm³/mol. The number of aromatic nitrogens is 3. The first kappa shape index (κ1) is 11.0. The van der Waals surface area contributed by atoms with Gasteiger partial charge in [-0.05, 0) is 24.0 Å². The maximum absolute atomic E-state index is 4.33. The Morgan fingerprint density at radius 2 is 1.88 bits per heavy atom. The largest absolute Gasteiger partial charge is 0.317 e. The number of alkyl halides is 1. The maximum atomic E-state index is 4.33. The van der Waals surface area contributed by atoms with E-state index in [0.29, 0.717) is 5.92 Å². The van der Waals surface area contributed by atoms with Gasteiger partial charge in [-0.3, -0.25) is 0 Å². The topological polar surface area (TPSA) is 30.7 Å². The van der Waals surface area contributed by atoms with Gasteiger partial charge in [0.1, 0.15) is 11.6 Å². The Morgan fingerprint density at radius 1 is 1.24 bits per heavy atom. The van der Waals surface area contributed by atoms with Crippen LogP contribution in [0.2, 0.25) is 0 Å². The van der Waals surface area contributed by atoms with Crippen molar-refractivity contribution in [2.45, 2.75) is 24.1 Å². The van der Waals surface area contributed by atoms with E-state index in [2.05, 4.69) is 62.0 Å². The molecular formula is C13H14BrN3. The highest BCUT2D eigenvalue weighted by molar-refractivity contribution is 9.08. The Bertz CT molecular complexity index is 522. The predicted octanol–water partition coefficient (Wildman–Crippen LogP) is 2.59. The second kappa shape index (κ2) is 4.26. The van der Waals surface area contributed by atoms with Crippen LogP contribution in [-0.4, -0.2) is 14.8 Å². The summed E-state index contributed by atoms with van der Waals surface area (Å²) in [5.41, 5.74) is 2.92. The highest BCUT2D eigenvalue weighted by Gasteiger charge is 2.26. The molecule has 3 rings (SSSR count). The molecule has 88 valence electrons. The standard InChI is InChI=1S/C13H14BrN3/c1-17-12(8-14)15-16-13(17)11-6-9-4-2-3-5-10(9)7-11/h2-5,11H,6-8H2,1H3. The third-order valence-corrected chi connectivity index (χ3v) is 4.04. The van der Waals surface area contributed by atoms with Gasteiger partial charge in [0.25, 0.3) is 0 Å². The fourth-order valence-electron chi connectivity index (χ4n) is 2.59. The molecule has 0 N–H and O–H groups in total. The number of hydrogen-bond donors (Lipinski definition) is 0. The third-order valence-electron chi connectivity index (χ3n) is 3.53. The van der Waals surface area contributed by atoms with Crippen LogP contribution in [0.3, 0.4) is 0 Å². The maximum Gasteiger partial charge on any atom is 0.143 e.